The van der Waals surface area contributed by atoms with Crippen molar-refractivity contribution in [1.29, 1.82) is 0 Å². The van der Waals surface area contributed by atoms with E-state index in [-0.39, 0.29) is 0 Å². The molecule has 0 spiro atoms. The van der Waals surface area contributed by atoms with Crippen LogP contribution in [0.4, 0.5) is 11.4 Å². The Morgan fingerprint density at radius 2 is 2.00 bits per heavy atom. The van der Waals surface area contributed by atoms with Gasteiger partial charge in [-0.3, -0.25) is 4.98 Å². The van der Waals surface area contributed by atoms with E-state index in [2.05, 4.69) is 31.1 Å². The Balaban J connectivity index is 2.64. The Hall–Kier alpha value is -1.25. The lowest BCUT2D eigenvalue weighted by molar-refractivity contribution is 0.560. The summed E-state index contributed by atoms with van der Waals surface area (Å²) < 4.78 is 0. The van der Waals surface area contributed by atoms with Crippen molar-refractivity contribution in [2.45, 2.75) is 26.8 Å². The number of rotatable bonds is 3. The number of nitrogens with two attached hydrogens (primary N) is 1. The fraction of sp³-hybridized carbons (Fsp3) is 0.500. The maximum absolute atomic E-state index is 5.61. The summed E-state index contributed by atoms with van der Waals surface area (Å²) in [5, 5.41) is 3.34. The number of nitrogens with zero attached hydrogens (tertiary/aromatic N) is 1. The summed E-state index contributed by atoms with van der Waals surface area (Å²) >= 11 is 0. The van der Waals surface area contributed by atoms with Crippen LogP contribution in [0.1, 0.15) is 20.8 Å². The highest BCUT2D eigenvalue weighted by Gasteiger charge is 2.06. The molecule has 1 aromatic heterocycles. The van der Waals surface area contributed by atoms with E-state index in [1.54, 1.807) is 12.4 Å². The highest BCUT2D eigenvalue weighted by Crippen LogP contribution is 2.13. The summed E-state index contributed by atoms with van der Waals surface area (Å²) in [7, 11) is 0. The van der Waals surface area contributed by atoms with Gasteiger partial charge in [-0.15, -0.1) is 0 Å². The largest absolute Gasteiger partial charge is 0.397 e. The SMILES string of the molecule is CC(C)C(C)Nc1cncc(N)c1. The molecule has 3 heteroatoms. The molecule has 0 aliphatic rings. The number of hydrogen-bond acceptors (Lipinski definition) is 3. The van der Waals surface area contributed by atoms with Gasteiger partial charge in [-0.2, -0.15) is 0 Å². The Morgan fingerprint density at radius 3 is 2.54 bits per heavy atom. The predicted molar refractivity (Wildman–Crippen MR) is 56.6 cm³/mol. The molecule has 0 aromatic carbocycles. The van der Waals surface area contributed by atoms with Crippen molar-refractivity contribution in [3.63, 3.8) is 0 Å². The van der Waals surface area contributed by atoms with Gasteiger partial charge in [0.25, 0.3) is 0 Å². The van der Waals surface area contributed by atoms with Gasteiger partial charge in [0.15, 0.2) is 0 Å². The van der Waals surface area contributed by atoms with E-state index in [1.165, 1.54) is 0 Å². The summed E-state index contributed by atoms with van der Waals surface area (Å²) in [5.41, 5.74) is 7.29. The van der Waals surface area contributed by atoms with Crippen LogP contribution in [-0.2, 0) is 0 Å². The van der Waals surface area contributed by atoms with Crippen LogP contribution < -0.4 is 11.1 Å². The molecule has 1 unspecified atom stereocenters. The molecule has 0 bridgehead atoms. The second-order valence-electron chi connectivity index (χ2n) is 3.68. The average Bonchev–Trinajstić information content (AvgIpc) is 2.04. The van der Waals surface area contributed by atoms with E-state index in [1.807, 2.05) is 6.07 Å². The molecule has 13 heavy (non-hydrogen) atoms. The van der Waals surface area contributed by atoms with Gasteiger partial charge >= 0.3 is 0 Å². The normalized spacial score (nSPS) is 12.9. The lowest BCUT2D eigenvalue weighted by Crippen LogP contribution is -2.21. The maximum Gasteiger partial charge on any atom is 0.0549 e. The summed E-state index contributed by atoms with van der Waals surface area (Å²) in [5.74, 6) is 0.599. The third-order valence-electron chi connectivity index (χ3n) is 2.15. The molecule has 0 saturated heterocycles. The minimum Gasteiger partial charge on any atom is -0.397 e. The Labute approximate surface area is 79.4 Å². The van der Waals surface area contributed by atoms with Crippen molar-refractivity contribution in [3.8, 4) is 0 Å². The number of nitrogens with one attached hydrogen (secondary N) is 1. The molecule has 3 N–H and O–H groups in total. The van der Waals surface area contributed by atoms with Gasteiger partial charge in [0.1, 0.15) is 0 Å². The third-order valence-corrected chi connectivity index (χ3v) is 2.15. The van der Waals surface area contributed by atoms with Crippen molar-refractivity contribution in [3.05, 3.63) is 18.5 Å². The van der Waals surface area contributed by atoms with E-state index in [0.29, 0.717) is 17.6 Å². The monoisotopic (exact) mass is 179 g/mol. The summed E-state index contributed by atoms with van der Waals surface area (Å²) in [4.78, 5) is 4.01. The van der Waals surface area contributed by atoms with E-state index < -0.39 is 0 Å². The number of pyridine rings is 1. The quantitative estimate of drug-likeness (QED) is 0.747. The Bertz CT molecular complexity index is 271. The second-order valence-corrected chi connectivity index (χ2v) is 3.68. The van der Waals surface area contributed by atoms with Gasteiger partial charge in [-0.1, -0.05) is 13.8 Å². The van der Waals surface area contributed by atoms with Crippen LogP contribution in [0.25, 0.3) is 0 Å². The first-order valence-electron chi connectivity index (χ1n) is 4.56. The van der Waals surface area contributed by atoms with Crippen molar-refractivity contribution < 1.29 is 0 Å². The zero-order valence-corrected chi connectivity index (χ0v) is 8.41. The van der Waals surface area contributed by atoms with E-state index in [0.717, 1.165) is 5.69 Å². The number of nitrogen functional groups attached to an aromatic ring is 1. The molecule has 0 amide bonds. The minimum absolute atomic E-state index is 0.434. The number of anilines is 2. The molecule has 1 aromatic rings. The molecule has 1 rings (SSSR count). The zero-order valence-electron chi connectivity index (χ0n) is 8.41. The number of hydrogen-bond donors (Lipinski definition) is 2. The molecule has 1 heterocycles. The molecule has 0 saturated carbocycles. The first kappa shape index (κ1) is 9.84. The van der Waals surface area contributed by atoms with Crippen molar-refractivity contribution in [1.82, 2.24) is 4.98 Å². The third kappa shape index (κ3) is 2.93. The van der Waals surface area contributed by atoms with E-state index in [9.17, 15) is 0 Å². The highest BCUT2D eigenvalue weighted by molar-refractivity contribution is 5.51. The van der Waals surface area contributed by atoms with Gasteiger partial charge < -0.3 is 11.1 Å². The fourth-order valence-electron chi connectivity index (χ4n) is 0.966. The first-order chi connectivity index (χ1) is 6.09. The van der Waals surface area contributed by atoms with Crippen LogP contribution in [0.5, 0.6) is 0 Å². The van der Waals surface area contributed by atoms with Crippen LogP contribution >= 0.6 is 0 Å². The van der Waals surface area contributed by atoms with Crippen molar-refractivity contribution in [2.75, 3.05) is 11.1 Å². The molecule has 0 aliphatic heterocycles. The molecule has 0 radical (unpaired) electrons. The summed E-state index contributed by atoms with van der Waals surface area (Å²) in [6.45, 7) is 6.50. The summed E-state index contributed by atoms with van der Waals surface area (Å²) in [6.07, 6.45) is 3.43. The van der Waals surface area contributed by atoms with E-state index >= 15 is 0 Å². The minimum atomic E-state index is 0.434. The molecule has 0 fully saturated rings. The predicted octanol–water partition coefficient (Wildman–Crippen LogP) is 2.12. The van der Waals surface area contributed by atoms with Crippen LogP contribution in [0.15, 0.2) is 18.5 Å². The molecular formula is C10H17N3. The maximum atomic E-state index is 5.61. The van der Waals surface area contributed by atoms with Crippen LogP contribution in [0, 0.1) is 5.92 Å². The second kappa shape index (κ2) is 4.12. The molecular weight excluding hydrogens is 162 g/mol. The van der Waals surface area contributed by atoms with Gasteiger partial charge in [0.05, 0.1) is 17.6 Å². The van der Waals surface area contributed by atoms with Gasteiger partial charge in [-0.25, -0.2) is 0 Å². The standard InChI is InChI=1S/C10H17N3/c1-7(2)8(3)13-10-4-9(11)5-12-6-10/h4-8,13H,11H2,1-3H3. The highest BCUT2D eigenvalue weighted by atomic mass is 14.9. The molecule has 1 atom stereocenters. The molecule has 3 nitrogen and oxygen atoms in total. The number of aromatic nitrogens is 1. The van der Waals surface area contributed by atoms with E-state index in [4.69, 9.17) is 5.73 Å². The average molecular weight is 179 g/mol. The lowest BCUT2D eigenvalue weighted by atomic mass is 10.1. The molecule has 72 valence electrons. The van der Waals surface area contributed by atoms with Crippen molar-refractivity contribution >= 4 is 11.4 Å². The van der Waals surface area contributed by atoms with Gasteiger partial charge in [-0.05, 0) is 18.9 Å². The topological polar surface area (TPSA) is 50.9 Å². The summed E-state index contributed by atoms with van der Waals surface area (Å²) in [6, 6.07) is 2.33. The smallest absolute Gasteiger partial charge is 0.0549 e. The Kier molecular flexibility index (Phi) is 3.12. The fourth-order valence-corrected chi connectivity index (χ4v) is 0.966. The first-order valence-corrected chi connectivity index (χ1v) is 4.56. The van der Waals surface area contributed by atoms with Crippen molar-refractivity contribution in [2.24, 2.45) is 5.92 Å². The van der Waals surface area contributed by atoms with Crippen LogP contribution in [-0.4, -0.2) is 11.0 Å². The van der Waals surface area contributed by atoms with Gasteiger partial charge in [0.2, 0.25) is 0 Å². The zero-order chi connectivity index (χ0) is 9.84. The lowest BCUT2D eigenvalue weighted by Gasteiger charge is -2.18. The Morgan fingerprint density at radius 1 is 1.31 bits per heavy atom. The van der Waals surface area contributed by atoms with Gasteiger partial charge in [0, 0.05) is 12.2 Å². The van der Waals surface area contributed by atoms with Crippen LogP contribution in [0.2, 0.25) is 0 Å². The van der Waals surface area contributed by atoms with Crippen LogP contribution in [0.3, 0.4) is 0 Å². The molecule has 0 aliphatic carbocycles.